The SMILES string of the molecule is COCC(N)c1ccc(C(=O)O)nc1. The second-order valence-corrected chi connectivity index (χ2v) is 2.84. The van der Waals surface area contributed by atoms with Gasteiger partial charge in [0.2, 0.25) is 0 Å². The molecule has 0 fully saturated rings. The first-order valence-electron chi connectivity index (χ1n) is 4.09. The van der Waals surface area contributed by atoms with Crippen LogP contribution in [0.5, 0.6) is 0 Å². The van der Waals surface area contributed by atoms with Crippen LogP contribution in [0.15, 0.2) is 18.3 Å². The molecule has 0 aliphatic heterocycles. The van der Waals surface area contributed by atoms with Gasteiger partial charge in [0.05, 0.1) is 12.6 Å². The van der Waals surface area contributed by atoms with Gasteiger partial charge >= 0.3 is 5.97 Å². The number of hydrogen-bond acceptors (Lipinski definition) is 4. The van der Waals surface area contributed by atoms with Crippen molar-refractivity contribution in [3.63, 3.8) is 0 Å². The standard InChI is InChI=1S/C9H12N2O3/c1-14-5-7(10)6-2-3-8(9(12)13)11-4-6/h2-4,7H,5,10H2,1H3,(H,12,13). The summed E-state index contributed by atoms with van der Waals surface area (Å²) in [5.74, 6) is -1.04. The van der Waals surface area contributed by atoms with E-state index in [1.165, 1.54) is 12.3 Å². The average Bonchev–Trinajstić information content (AvgIpc) is 2.18. The van der Waals surface area contributed by atoms with Crippen molar-refractivity contribution >= 4 is 5.97 Å². The molecular formula is C9H12N2O3. The summed E-state index contributed by atoms with van der Waals surface area (Å²) < 4.78 is 4.87. The van der Waals surface area contributed by atoms with E-state index in [4.69, 9.17) is 15.6 Å². The summed E-state index contributed by atoms with van der Waals surface area (Å²) >= 11 is 0. The number of carboxylic acid groups (broad SMARTS) is 1. The van der Waals surface area contributed by atoms with Crippen LogP contribution < -0.4 is 5.73 Å². The van der Waals surface area contributed by atoms with Gasteiger partial charge in [0.1, 0.15) is 5.69 Å². The van der Waals surface area contributed by atoms with Crippen LogP contribution in [-0.2, 0) is 4.74 Å². The number of methoxy groups -OCH3 is 1. The highest BCUT2D eigenvalue weighted by molar-refractivity contribution is 5.85. The summed E-state index contributed by atoms with van der Waals surface area (Å²) in [7, 11) is 1.55. The summed E-state index contributed by atoms with van der Waals surface area (Å²) in [6.45, 7) is 0.383. The molecule has 5 heteroatoms. The molecule has 76 valence electrons. The summed E-state index contributed by atoms with van der Waals surface area (Å²) in [6, 6.07) is 2.79. The predicted molar refractivity (Wildman–Crippen MR) is 50.0 cm³/mol. The number of pyridine rings is 1. The van der Waals surface area contributed by atoms with Gasteiger partial charge in [-0.25, -0.2) is 9.78 Å². The molecule has 0 aromatic carbocycles. The van der Waals surface area contributed by atoms with Crippen LogP contribution in [0.3, 0.4) is 0 Å². The summed E-state index contributed by atoms with van der Waals surface area (Å²) in [5.41, 5.74) is 6.49. The Morgan fingerprint density at radius 2 is 2.43 bits per heavy atom. The Morgan fingerprint density at radius 1 is 1.71 bits per heavy atom. The normalized spacial score (nSPS) is 12.4. The van der Waals surface area contributed by atoms with Crippen LogP contribution in [0.1, 0.15) is 22.1 Å². The van der Waals surface area contributed by atoms with E-state index >= 15 is 0 Å². The Bertz CT molecular complexity index is 310. The third-order valence-corrected chi connectivity index (χ3v) is 1.78. The van der Waals surface area contributed by atoms with Gasteiger partial charge in [-0.05, 0) is 11.6 Å². The van der Waals surface area contributed by atoms with E-state index in [0.717, 1.165) is 5.56 Å². The minimum absolute atomic E-state index is 0.0124. The van der Waals surface area contributed by atoms with Crippen LogP contribution in [0.2, 0.25) is 0 Å². The van der Waals surface area contributed by atoms with Crippen LogP contribution in [-0.4, -0.2) is 29.8 Å². The lowest BCUT2D eigenvalue weighted by molar-refractivity contribution is 0.0690. The minimum atomic E-state index is -1.04. The molecule has 1 aromatic rings. The van der Waals surface area contributed by atoms with Crippen molar-refractivity contribution < 1.29 is 14.6 Å². The second kappa shape index (κ2) is 4.69. The quantitative estimate of drug-likeness (QED) is 0.729. The van der Waals surface area contributed by atoms with E-state index in [1.807, 2.05) is 0 Å². The molecule has 0 bridgehead atoms. The lowest BCUT2D eigenvalue weighted by Crippen LogP contribution is -2.16. The molecule has 1 unspecified atom stereocenters. The first-order valence-corrected chi connectivity index (χ1v) is 4.09. The largest absolute Gasteiger partial charge is 0.477 e. The van der Waals surface area contributed by atoms with Crippen molar-refractivity contribution in [2.45, 2.75) is 6.04 Å². The van der Waals surface area contributed by atoms with Gasteiger partial charge in [0, 0.05) is 13.3 Å². The van der Waals surface area contributed by atoms with Crippen molar-refractivity contribution in [3.8, 4) is 0 Å². The van der Waals surface area contributed by atoms with Gasteiger partial charge in [0.15, 0.2) is 0 Å². The van der Waals surface area contributed by atoms with E-state index in [2.05, 4.69) is 4.98 Å². The fourth-order valence-electron chi connectivity index (χ4n) is 1.03. The summed E-state index contributed by atoms with van der Waals surface area (Å²) in [4.78, 5) is 14.2. The highest BCUT2D eigenvalue weighted by Crippen LogP contribution is 2.09. The monoisotopic (exact) mass is 196 g/mol. The van der Waals surface area contributed by atoms with Crippen LogP contribution in [0, 0.1) is 0 Å². The zero-order chi connectivity index (χ0) is 10.6. The first kappa shape index (κ1) is 10.6. The fourth-order valence-corrected chi connectivity index (χ4v) is 1.03. The number of nitrogens with zero attached hydrogens (tertiary/aromatic N) is 1. The molecule has 14 heavy (non-hydrogen) atoms. The van der Waals surface area contributed by atoms with Gasteiger partial charge in [-0.2, -0.15) is 0 Å². The van der Waals surface area contributed by atoms with E-state index in [0.29, 0.717) is 6.61 Å². The summed E-state index contributed by atoms with van der Waals surface area (Å²) in [5, 5.41) is 8.60. The topological polar surface area (TPSA) is 85.4 Å². The molecule has 1 rings (SSSR count). The Labute approximate surface area is 81.5 Å². The molecule has 3 N–H and O–H groups in total. The highest BCUT2D eigenvalue weighted by atomic mass is 16.5. The number of carbonyl (C=O) groups is 1. The second-order valence-electron chi connectivity index (χ2n) is 2.84. The van der Waals surface area contributed by atoms with Crippen molar-refractivity contribution in [3.05, 3.63) is 29.6 Å². The third kappa shape index (κ3) is 2.51. The lowest BCUT2D eigenvalue weighted by Gasteiger charge is -2.09. The van der Waals surface area contributed by atoms with Gasteiger partial charge in [-0.3, -0.25) is 0 Å². The fraction of sp³-hybridized carbons (Fsp3) is 0.333. The maximum atomic E-state index is 10.5. The van der Waals surface area contributed by atoms with Crippen molar-refractivity contribution in [1.82, 2.24) is 4.98 Å². The molecule has 5 nitrogen and oxygen atoms in total. The van der Waals surface area contributed by atoms with Crippen molar-refractivity contribution in [1.29, 1.82) is 0 Å². The molecule has 0 saturated carbocycles. The van der Waals surface area contributed by atoms with Crippen LogP contribution >= 0.6 is 0 Å². The molecule has 0 saturated heterocycles. The number of aromatic carboxylic acids is 1. The lowest BCUT2D eigenvalue weighted by atomic mass is 10.1. The van der Waals surface area contributed by atoms with Gasteiger partial charge in [0.25, 0.3) is 0 Å². The number of rotatable bonds is 4. The van der Waals surface area contributed by atoms with E-state index < -0.39 is 5.97 Å². The molecule has 1 heterocycles. The Morgan fingerprint density at radius 3 is 2.86 bits per heavy atom. The maximum absolute atomic E-state index is 10.5. The van der Waals surface area contributed by atoms with E-state index in [1.54, 1.807) is 13.2 Å². The zero-order valence-electron chi connectivity index (χ0n) is 7.80. The molecular weight excluding hydrogens is 184 g/mol. The number of hydrogen-bond donors (Lipinski definition) is 2. The van der Waals surface area contributed by atoms with Crippen molar-refractivity contribution in [2.75, 3.05) is 13.7 Å². The number of carboxylic acids is 1. The Hall–Kier alpha value is -1.46. The molecule has 1 aromatic heterocycles. The third-order valence-electron chi connectivity index (χ3n) is 1.78. The van der Waals surface area contributed by atoms with Crippen LogP contribution in [0.25, 0.3) is 0 Å². The van der Waals surface area contributed by atoms with Gasteiger partial charge in [-0.1, -0.05) is 6.07 Å². The first-order chi connectivity index (χ1) is 6.65. The van der Waals surface area contributed by atoms with Crippen molar-refractivity contribution in [2.24, 2.45) is 5.73 Å². The van der Waals surface area contributed by atoms with E-state index in [9.17, 15) is 4.79 Å². The zero-order valence-corrected chi connectivity index (χ0v) is 7.80. The molecule has 0 aliphatic rings. The molecule has 0 radical (unpaired) electrons. The van der Waals surface area contributed by atoms with Gasteiger partial charge < -0.3 is 15.6 Å². The molecule has 0 amide bonds. The predicted octanol–water partition coefficient (Wildman–Crippen LogP) is 0.426. The smallest absolute Gasteiger partial charge is 0.354 e. The van der Waals surface area contributed by atoms with E-state index in [-0.39, 0.29) is 11.7 Å². The number of ether oxygens (including phenoxy) is 1. The summed E-state index contributed by atoms with van der Waals surface area (Å²) in [6.07, 6.45) is 1.45. The highest BCUT2D eigenvalue weighted by Gasteiger charge is 2.08. The van der Waals surface area contributed by atoms with Gasteiger partial charge in [-0.15, -0.1) is 0 Å². The average molecular weight is 196 g/mol. The Balaban J connectivity index is 2.77. The Kier molecular flexibility index (Phi) is 3.55. The number of aromatic nitrogens is 1. The molecule has 1 atom stereocenters. The minimum Gasteiger partial charge on any atom is -0.477 e. The molecule has 0 spiro atoms. The molecule has 0 aliphatic carbocycles. The maximum Gasteiger partial charge on any atom is 0.354 e. The van der Waals surface area contributed by atoms with Crippen LogP contribution in [0.4, 0.5) is 0 Å². The number of nitrogens with two attached hydrogens (primary N) is 1.